The number of morpholine rings is 1. The van der Waals surface area contributed by atoms with Crippen molar-refractivity contribution in [1.29, 1.82) is 0 Å². The monoisotopic (exact) mass is 234 g/mol. The third-order valence-electron chi connectivity index (χ3n) is 3.54. The highest BCUT2D eigenvalue weighted by atomic mass is 16.5. The molecule has 1 aliphatic rings. The van der Waals surface area contributed by atoms with Crippen LogP contribution in [-0.4, -0.2) is 36.7 Å². The van der Waals surface area contributed by atoms with Crippen LogP contribution in [0.4, 0.5) is 0 Å². The topological polar surface area (TPSA) is 38.5 Å². The van der Waals surface area contributed by atoms with E-state index in [1.54, 1.807) is 0 Å². The maximum atomic E-state index is 5.92. The van der Waals surface area contributed by atoms with Gasteiger partial charge in [-0.2, -0.15) is 0 Å². The lowest BCUT2D eigenvalue weighted by Crippen LogP contribution is -2.50. The molecule has 1 aromatic carbocycles. The Balaban J connectivity index is 2.02. The first kappa shape index (κ1) is 12.6. The SMILES string of the molecule is CC(N)C1CN(C(C)c2ccccc2)CCO1. The van der Waals surface area contributed by atoms with Crippen molar-refractivity contribution >= 4 is 0 Å². The van der Waals surface area contributed by atoms with Gasteiger partial charge in [-0.15, -0.1) is 0 Å². The fourth-order valence-corrected chi connectivity index (χ4v) is 2.31. The van der Waals surface area contributed by atoms with Crippen molar-refractivity contribution in [2.24, 2.45) is 5.73 Å². The Hall–Kier alpha value is -0.900. The van der Waals surface area contributed by atoms with Crippen LogP contribution in [0.25, 0.3) is 0 Å². The molecule has 0 aliphatic carbocycles. The van der Waals surface area contributed by atoms with Gasteiger partial charge in [-0.05, 0) is 19.4 Å². The van der Waals surface area contributed by atoms with Gasteiger partial charge in [0.1, 0.15) is 0 Å². The Kier molecular flexibility index (Phi) is 4.15. The van der Waals surface area contributed by atoms with Crippen LogP contribution >= 0.6 is 0 Å². The smallest absolute Gasteiger partial charge is 0.0850 e. The van der Waals surface area contributed by atoms with Crippen LogP contribution in [-0.2, 0) is 4.74 Å². The second kappa shape index (κ2) is 5.63. The van der Waals surface area contributed by atoms with Gasteiger partial charge in [-0.25, -0.2) is 0 Å². The lowest BCUT2D eigenvalue weighted by atomic mass is 10.0. The number of nitrogens with two attached hydrogens (primary N) is 1. The van der Waals surface area contributed by atoms with Crippen LogP contribution in [0.5, 0.6) is 0 Å². The van der Waals surface area contributed by atoms with E-state index in [9.17, 15) is 0 Å². The zero-order chi connectivity index (χ0) is 12.3. The van der Waals surface area contributed by atoms with E-state index >= 15 is 0 Å². The predicted molar refractivity (Wildman–Crippen MR) is 69.8 cm³/mol. The van der Waals surface area contributed by atoms with E-state index in [1.165, 1.54) is 5.56 Å². The average molecular weight is 234 g/mol. The Morgan fingerprint density at radius 1 is 1.29 bits per heavy atom. The average Bonchev–Trinajstić information content (AvgIpc) is 2.39. The molecular weight excluding hydrogens is 212 g/mol. The third kappa shape index (κ3) is 3.06. The fraction of sp³-hybridized carbons (Fsp3) is 0.571. The maximum Gasteiger partial charge on any atom is 0.0850 e. The van der Waals surface area contributed by atoms with Crippen molar-refractivity contribution in [2.45, 2.75) is 32.0 Å². The number of rotatable bonds is 3. The van der Waals surface area contributed by atoms with Crippen LogP contribution in [0, 0.1) is 0 Å². The highest BCUT2D eigenvalue weighted by Gasteiger charge is 2.26. The molecule has 2 N–H and O–H groups in total. The number of hydrogen-bond acceptors (Lipinski definition) is 3. The minimum Gasteiger partial charge on any atom is -0.374 e. The van der Waals surface area contributed by atoms with Crippen molar-refractivity contribution in [2.75, 3.05) is 19.7 Å². The van der Waals surface area contributed by atoms with Crippen molar-refractivity contribution in [1.82, 2.24) is 4.90 Å². The molecule has 3 unspecified atom stereocenters. The number of ether oxygens (including phenoxy) is 1. The molecule has 3 nitrogen and oxygen atoms in total. The van der Waals surface area contributed by atoms with Crippen molar-refractivity contribution in [3.63, 3.8) is 0 Å². The molecule has 3 atom stereocenters. The first-order valence-electron chi connectivity index (χ1n) is 6.34. The molecule has 1 heterocycles. The summed E-state index contributed by atoms with van der Waals surface area (Å²) in [6.07, 6.45) is 0.162. The molecule has 0 radical (unpaired) electrons. The van der Waals surface area contributed by atoms with Gasteiger partial charge >= 0.3 is 0 Å². The zero-order valence-corrected chi connectivity index (χ0v) is 10.7. The highest BCUT2D eigenvalue weighted by Crippen LogP contribution is 2.22. The third-order valence-corrected chi connectivity index (χ3v) is 3.54. The Labute approximate surface area is 104 Å². The van der Waals surface area contributed by atoms with E-state index in [0.29, 0.717) is 6.04 Å². The summed E-state index contributed by atoms with van der Waals surface area (Å²) in [5, 5.41) is 0. The summed E-state index contributed by atoms with van der Waals surface area (Å²) in [4.78, 5) is 2.45. The molecule has 94 valence electrons. The molecule has 0 bridgehead atoms. The van der Waals surface area contributed by atoms with E-state index in [0.717, 1.165) is 19.7 Å². The number of nitrogens with zero attached hydrogens (tertiary/aromatic N) is 1. The second-order valence-corrected chi connectivity index (χ2v) is 4.85. The van der Waals surface area contributed by atoms with Crippen molar-refractivity contribution in [3.8, 4) is 0 Å². The minimum atomic E-state index is 0.0979. The van der Waals surface area contributed by atoms with Gasteiger partial charge in [-0.3, -0.25) is 4.90 Å². The van der Waals surface area contributed by atoms with Crippen LogP contribution < -0.4 is 5.73 Å². The fourth-order valence-electron chi connectivity index (χ4n) is 2.31. The molecule has 1 aromatic rings. The van der Waals surface area contributed by atoms with Gasteiger partial charge < -0.3 is 10.5 Å². The normalized spacial score (nSPS) is 25.5. The lowest BCUT2D eigenvalue weighted by molar-refractivity contribution is -0.0498. The van der Waals surface area contributed by atoms with Gasteiger partial charge in [-0.1, -0.05) is 30.3 Å². The summed E-state index contributed by atoms with van der Waals surface area (Å²) < 4.78 is 5.69. The summed E-state index contributed by atoms with van der Waals surface area (Å²) >= 11 is 0. The molecular formula is C14H22N2O. The van der Waals surface area contributed by atoms with E-state index < -0.39 is 0 Å². The van der Waals surface area contributed by atoms with Gasteiger partial charge in [0, 0.05) is 25.2 Å². The zero-order valence-electron chi connectivity index (χ0n) is 10.7. The number of hydrogen-bond donors (Lipinski definition) is 1. The standard InChI is InChI=1S/C14H22N2O/c1-11(15)14-10-16(8-9-17-14)12(2)13-6-4-3-5-7-13/h3-7,11-12,14H,8-10,15H2,1-2H3. The Bertz CT molecular complexity index is 339. The number of benzene rings is 1. The summed E-state index contributed by atoms with van der Waals surface area (Å²) in [7, 11) is 0. The van der Waals surface area contributed by atoms with Crippen molar-refractivity contribution < 1.29 is 4.74 Å². The molecule has 3 heteroatoms. The van der Waals surface area contributed by atoms with Gasteiger partial charge in [0.2, 0.25) is 0 Å². The van der Waals surface area contributed by atoms with E-state index in [2.05, 4.69) is 42.2 Å². The first-order chi connectivity index (χ1) is 8.18. The lowest BCUT2D eigenvalue weighted by Gasteiger charge is -2.38. The molecule has 0 spiro atoms. The van der Waals surface area contributed by atoms with Crippen LogP contribution in [0.2, 0.25) is 0 Å². The molecule has 0 aromatic heterocycles. The predicted octanol–water partition coefficient (Wildman–Crippen LogP) is 1.80. The first-order valence-corrected chi connectivity index (χ1v) is 6.34. The molecule has 0 amide bonds. The molecule has 1 saturated heterocycles. The summed E-state index contributed by atoms with van der Waals surface area (Å²) in [6.45, 7) is 6.95. The Morgan fingerprint density at radius 2 is 2.00 bits per heavy atom. The minimum absolute atomic E-state index is 0.0979. The quantitative estimate of drug-likeness (QED) is 0.866. The largest absolute Gasteiger partial charge is 0.374 e. The van der Waals surface area contributed by atoms with E-state index in [-0.39, 0.29) is 12.1 Å². The molecule has 0 saturated carbocycles. The summed E-state index contributed by atoms with van der Waals surface area (Å²) in [5.41, 5.74) is 7.28. The summed E-state index contributed by atoms with van der Waals surface area (Å²) in [5.74, 6) is 0. The van der Waals surface area contributed by atoms with Gasteiger partial charge in [0.15, 0.2) is 0 Å². The van der Waals surface area contributed by atoms with Gasteiger partial charge in [0.25, 0.3) is 0 Å². The van der Waals surface area contributed by atoms with Crippen molar-refractivity contribution in [3.05, 3.63) is 35.9 Å². The molecule has 1 fully saturated rings. The molecule has 1 aliphatic heterocycles. The van der Waals surface area contributed by atoms with E-state index in [1.807, 2.05) is 6.92 Å². The molecule has 2 rings (SSSR count). The maximum absolute atomic E-state index is 5.92. The van der Waals surface area contributed by atoms with E-state index in [4.69, 9.17) is 10.5 Å². The van der Waals surface area contributed by atoms with Crippen LogP contribution in [0.1, 0.15) is 25.5 Å². The Morgan fingerprint density at radius 3 is 2.65 bits per heavy atom. The second-order valence-electron chi connectivity index (χ2n) is 4.85. The van der Waals surface area contributed by atoms with Crippen LogP contribution in [0.3, 0.4) is 0 Å². The van der Waals surface area contributed by atoms with Crippen LogP contribution in [0.15, 0.2) is 30.3 Å². The van der Waals surface area contributed by atoms with Gasteiger partial charge in [0.05, 0.1) is 12.7 Å². The molecule has 17 heavy (non-hydrogen) atoms. The highest BCUT2D eigenvalue weighted by molar-refractivity contribution is 5.18. The summed E-state index contributed by atoms with van der Waals surface area (Å²) in [6, 6.07) is 11.1.